The fourth-order valence-corrected chi connectivity index (χ4v) is 2.72. The van der Waals surface area contributed by atoms with Crippen LogP contribution in [0.2, 0.25) is 0 Å². The monoisotopic (exact) mass is 350 g/mol. The molecule has 0 saturated heterocycles. The van der Waals surface area contributed by atoms with Crippen molar-refractivity contribution in [3.05, 3.63) is 56.6 Å². The predicted octanol–water partition coefficient (Wildman–Crippen LogP) is 2.21. The molecule has 0 bridgehead atoms. The third-order valence-corrected chi connectivity index (χ3v) is 4.11. The zero-order valence-electron chi connectivity index (χ0n) is 10.9. The maximum absolute atomic E-state index is 12.6. The Morgan fingerprint density at radius 2 is 2.19 bits per heavy atom. The molecule has 0 fully saturated rings. The summed E-state index contributed by atoms with van der Waals surface area (Å²) in [5.41, 5.74) is 0.198. The second-order valence-corrected chi connectivity index (χ2v) is 5.54. The molecule has 0 N–H and O–H groups in total. The first-order valence-corrected chi connectivity index (χ1v) is 7.09. The van der Waals surface area contributed by atoms with Crippen molar-refractivity contribution in [2.24, 2.45) is 0 Å². The van der Waals surface area contributed by atoms with Crippen LogP contribution in [0, 0.1) is 10.1 Å². The molecule has 0 aliphatic carbocycles. The number of nitrogens with zero attached hydrogens (tertiary/aromatic N) is 4. The Balaban J connectivity index is 1.89. The zero-order valence-corrected chi connectivity index (χ0v) is 12.5. The average Bonchev–Trinajstić information content (AvgIpc) is 2.94. The van der Waals surface area contributed by atoms with Crippen LogP contribution in [0.15, 0.2) is 35.1 Å². The molecule has 1 aliphatic rings. The van der Waals surface area contributed by atoms with E-state index in [4.69, 9.17) is 0 Å². The van der Waals surface area contributed by atoms with E-state index in [0.717, 1.165) is 5.82 Å². The molecule has 21 heavy (non-hydrogen) atoms. The van der Waals surface area contributed by atoms with Crippen LogP contribution in [0.3, 0.4) is 0 Å². The van der Waals surface area contributed by atoms with Gasteiger partial charge in [-0.25, -0.2) is 4.98 Å². The van der Waals surface area contributed by atoms with Crippen molar-refractivity contribution < 1.29 is 9.72 Å². The maximum Gasteiger partial charge on any atom is 0.270 e. The van der Waals surface area contributed by atoms with Crippen LogP contribution >= 0.6 is 15.9 Å². The summed E-state index contributed by atoms with van der Waals surface area (Å²) in [5.74, 6) is 0.580. The SMILES string of the molecule is O=C(c1cc([N+](=O)[O-])ccc1Br)N1CCn2ccnc2C1. The molecule has 0 saturated carbocycles. The van der Waals surface area contributed by atoms with Gasteiger partial charge in [0.15, 0.2) is 0 Å². The van der Waals surface area contributed by atoms with Crippen molar-refractivity contribution in [2.45, 2.75) is 13.1 Å². The summed E-state index contributed by atoms with van der Waals surface area (Å²) in [6.45, 7) is 1.63. The molecule has 2 aromatic rings. The Bertz CT molecular complexity index is 728. The van der Waals surface area contributed by atoms with Crippen LogP contribution in [0.4, 0.5) is 5.69 Å². The molecule has 108 valence electrons. The topological polar surface area (TPSA) is 81.3 Å². The second kappa shape index (κ2) is 5.28. The number of rotatable bonds is 2. The van der Waals surface area contributed by atoms with E-state index in [2.05, 4.69) is 20.9 Å². The largest absolute Gasteiger partial charge is 0.332 e. The van der Waals surface area contributed by atoms with Crippen molar-refractivity contribution in [3.63, 3.8) is 0 Å². The van der Waals surface area contributed by atoms with Crippen molar-refractivity contribution in [3.8, 4) is 0 Å². The number of benzene rings is 1. The fraction of sp³-hybridized carbons (Fsp3) is 0.231. The number of carbonyl (C=O) groups excluding carboxylic acids is 1. The van der Waals surface area contributed by atoms with Gasteiger partial charge in [-0.3, -0.25) is 14.9 Å². The molecule has 7 nitrogen and oxygen atoms in total. The Morgan fingerprint density at radius 3 is 2.95 bits per heavy atom. The standard InChI is InChI=1S/C13H11BrN4O3/c14-11-2-1-9(18(20)21)7-10(11)13(19)17-6-5-16-4-3-15-12(16)8-17/h1-4,7H,5-6,8H2. The van der Waals surface area contributed by atoms with Gasteiger partial charge in [-0.15, -0.1) is 0 Å². The number of nitro groups is 1. The van der Waals surface area contributed by atoms with Gasteiger partial charge in [0.1, 0.15) is 5.82 Å². The van der Waals surface area contributed by atoms with Crippen molar-refractivity contribution in [1.29, 1.82) is 0 Å². The highest BCUT2D eigenvalue weighted by atomic mass is 79.9. The Hall–Kier alpha value is -2.22. The third kappa shape index (κ3) is 2.54. The van der Waals surface area contributed by atoms with E-state index in [1.54, 1.807) is 11.1 Å². The molecule has 0 radical (unpaired) electrons. The van der Waals surface area contributed by atoms with Crippen LogP contribution < -0.4 is 0 Å². The zero-order chi connectivity index (χ0) is 15.0. The minimum Gasteiger partial charge on any atom is -0.332 e. The van der Waals surface area contributed by atoms with E-state index in [1.807, 2.05) is 10.8 Å². The molecule has 1 aromatic heterocycles. The van der Waals surface area contributed by atoms with Gasteiger partial charge in [-0.1, -0.05) is 0 Å². The highest BCUT2D eigenvalue weighted by molar-refractivity contribution is 9.10. The lowest BCUT2D eigenvalue weighted by molar-refractivity contribution is -0.384. The number of aromatic nitrogens is 2. The Kier molecular flexibility index (Phi) is 3.46. The summed E-state index contributed by atoms with van der Waals surface area (Å²) in [6.07, 6.45) is 3.58. The lowest BCUT2D eigenvalue weighted by atomic mass is 10.1. The van der Waals surface area contributed by atoms with Gasteiger partial charge in [0.05, 0.1) is 17.0 Å². The van der Waals surface area contributed by atoms with Crippen molar-refractivity contribution in [1.82, 2.24) is 14.5 Å². The molecular weight excluding hydrogens is 340 g/mol. The summed E-state index contributed by atoms with van der Waals surface area (Å²) >= 11 is 3.28. The number of hydrogen-bond acceptors (Lipinski definition) is 4. The smallest absolute Gasteiger partial charge is 0.270 e. The minimum atomic E-state index is -0.508. The van der Waals surface area contributed by atoms with Gasteiger partial charge in [-0.05, 0) is 22.0 Å². The first-order chi connectivity index (χ1) is 10.1. The van der Waals surface area contributed by atoms with Gasteiger partial charge in [0.25, 0.3) is 11.6 Å². The molecule has 8 heteroatoms. The second-order valence-electron chi connectivity index (χ2n) is 4.68. The van der Waals surface area contributed by atoms with Gasteiger partial charge in [0, 0.05) is 42.1 Å². The predicted molar refractivity (Wildman–Crippen MR) is 77.8 cm³/mol. The normalized spacial score (nSPS) is 13.9. The maximum atomic E-state index is 12.6. The number of nitro benzene ring substituents is 1. The number of carbonyl (C=O) groups is 1. The van der Waals surface area contributed by atoms with Gasteiger partial charge < -0.3 is 9.47 Å². The average molecular weight is 351 g/mol. The molecule has 0 atom stereocenters. The van der Waals surface area contributed by atoms with Gasteiger partial charge >= 0.3 is 0 Å². The summed E-state index contributed by atoms with van der Waals surface area (Å²) in [4.78, 5) is 28.7. The lowest BCUT2D eigenvalue weighted by Crippen LogP contribution is -2.38. The molecule has 0 spiro atoms. The Morgan fingerprint density at radius 1 is 1.38 bits per heavy atom. The molecule has 0 unspecified atom stereocenters. The number of fused-ring (bicyclic) bond motifs is 1. The minimum absolute atomic E-state index is 0.0972. The van der Waals surface area contributed by atoms with Gasteiger partial charge in [0.2, 0.25) is 0 Å². The summed E-state index contributed by atoms with van der Waals surface area (Å²) in [6, 6.07) is 4.19. The highest BCUT2D eigenvalue weighted by Gasteiger charge is 2.25. The number of halogens is 1. The Labute approximate surface area is 128 Å². The quantitative estimate of drug-likeness (QED) is 0.614. The van der Waals surface area contributed by atoms with E-state index in [0.29, 0.717) is 29.7 Å². The number of hydrogen-bond donors (Lipinski definition) is 0. The molecule has 1 aromatic carbocycles. The van der Waals surface area contributed by atoms with E-state index < -0.39 is 4.92 Å². The molecule has 2 heterocycles. The van der Waals surface area contributed by atoms with E-state index >= 15 is 0 Å². The summed E-state index contributed by atoms with van der Waals surface area (Å²) in [5, 5.41) is 10.8. The third-order valence-electron chi connectivity index (χ3n) is 3.42. The molecule has 1 amide bonds. The number of imidazole rings is 1. The van der Waals surface area contributed by atoms with E-state index in [9.17, 15) is 14.9 Å². The summed E-state index contributed by atoms with van der Waals surface area (Å²) in [7, 11) is 0. The van der Waals surface area contributed by atoms with Gasteiger partial charge in [-0.2, -0.15) is 0 Å². The van der Waals surface area contributed by atoms with Crippen molar-refractivity contribution >= 4 is 27.5 Å². The van der Waals surface area contributed by atoms with Crippen molar-refractivity contribution in [2.75, 3.05) is 6.54 Å². The molecular formula is C13H11BrN4O3. The molecule has 3 rings (SSSR count). The van der Waals surface area contributed by atoms with Crippen LogP contribution in [-0.4, -0.2) is 31.8 Å². The summed E-state index contributed by atoms with van der Waals surface area (Å²) < 4.78 is 2.54. The first kappa shape index (κ1) is 13.7. The molecule has 1 aliphatic heterocycles. The van der Waals surface area contributed by atoms with Crippen LogP contribution in [-0.2, 0) is 13.1 Å². The van der Waals surface area contributed by atoms with Crippen LogP contribution in [0.1, 0.15) is 16.2 Å². The van der Waals surface area contributed by atoms with Crippen LogP contribution in [0.25, 0.3) is 0 Å². The number of non-ortho nitro benzene ring substituents is 1. The van der Waals surface area contributed by atoms with E-state index in [1.165, 1.54) is 18.2 Å². The highest BCUT2D eigenvalue weighted by Crippen LogP contribution is 2.25. The fourth-order valence-electron chi connectivity index (χ4n) is 2.31. The van der Waals surface area contributed by atoms with E-state index in [-0.39, 0.29) is 11.6 Å². The lowest BCUT2D eigenvalue weighted by Gasteiger charge is -2.28. The first-order valence-electron chi connectivity index (χ1n) is 6.29. The number of amides is 1. The van der Waals surface area contributed by atoms with Crippen LogP contribution in [0.5, 0.6) is 0 Å².